The first-order valence-corrected chi connectivity index (χ1v) is 8.43. The number of rotatable bonds is 6. The van der Waals surface area contributed by atoms with Crippen LogP contribution in [0.2, 0.25) is 10.0 Å². The molecule has 1 fully saturated rings. The number of amides is 1. The fourth-order valence-electron chi connectivity index (χ4n) is 2.74. The van der Waals surface area contributed by atoms with Gasteiger partial charge in [-0.1, -0.05) is 29.3 Å². The van der Waals surface area contributed by atoms with Gasteiger partial charge in [0.1, 0.15) is 0 Å². The molecule has 1 aromatic carbocycles. The highest BCUT2D eigenvalue weighted by Gasteiger charge is 2.17. The van der Waals surface area contributed by atoms with Gasteiger partial charge in [0.15, 0.2) is 0 Å². The van der Waals surface area contributed by atoms with Crippen LogP contribution in [0, 0.1) is 5.92 Å². The van der Waals surface area contributed by atoms with Crippen LogP contribution in [0.25, 0.3) is 0 Å². The van der Waals surface area contributed by atoms with E-state index in [0.717, 1.165) is 32.4 Å². The zero-order valence-corrected chi connectivity index (χ0v) is 14.0. The molecule has 1 aliphatic rings. The van der Waals surface area contributed by atoms with Crippen molar-refractivity contribution in [2.75, 3.05) is 19.6 Å². The molecule has 1 heterocycles. The van der Waals surface area contributed by atoms with Gasteiger partial charge < -0.3 is 15.7 Å². The predicted molar refractivity (Wildman–Crippen MR) is 89.3 cm³/mol. The molecule has 22 heavy (non-hydrogen) atoms. The lowest BCUT2D eigenvalue weighted by Gasteiger charge is -2.22. The van der Waals surface area contributed by atoms with Crippen molar-refractivity contribution in [1.82, 2.24) is 10.6 Å². The number of piperidine rings is 1. The third kappa shape index (κ3) is 5.13. The maximum absolute atomic E-state index is 11.9. The quantitative estimate of drug-likeness (QED) is 0.743. The smallest absolute Gasteiger partial charge is 0.220 e. The van der Waals surface area contributed by atoms with E-state index in [1.165, 1.54) is 0 Å². The van der Waals surface area contributed by atoms with Crippen molar-refractivity contribution in [3.63, 3.8) is 0 Å². The summed E-state index contributed by atoms with van der Waals surface area (Å²) in [5.41, 5.74) is 0.462. The summed E-state index contributed by atoms with van der Waals surface area (Å²) >= 11 is 12.1. The molecule has 1 unspecified atom stereocenters. The van der Waals surface area contributed by atoms with Crippen LogP contribution in [0.4, 0.5) is 0 Å². The van der Waals surface area contributed by atoms with Crippen LogP contribution in [0.3, 0.4) is 0 Å². The number of carbonyl (C=O) groups is 1. The maximum atomic E-state index is 11.9. The Morgan fingerprint density at radius 1 is 1.32 bits per heavy atom. The van der Waals surface area contributed by atoms with Crippen molar-refractivity contribution in [2.45, 2.75) is 31.8 Å². The lowest BCUT2D eigenvalue weighted by molar-refractivity contribution is -0.121. The van der Waals surface area contributed by atoms with Crippen LogP contribution in [-0.2, 0) is 4.79 Å². The average Bonchev–Trinajstić information content (AvgIpc) is 2.52. The van der Waals surface area contributed by atoms with Gasteiger partial charge in [0.05, 0.1) is 6.10 Å². The minimum Gasteiger partial charge on any atom is -0.386 e. The van der Waals surface area contributed by atoms with E-state index in [0.29, 0.717) is 27.9 Å². The number of hydrogen-bond acceptors (Lipinski definition) is 3. The molecule has 0 spiro atoms. The van der Waals surface area contributed by atoms with Crippen molar-refractivity contribution in [1.29, 1.82) is 0 Å². The zero-order chi connectivity index (χ0) is 15.9. The van der Waals surface area contributed by atoms with Gasteiger partial charge in [-0.15, -0.1) is 0 Å². The number of aliphatic hydroxyl groups excluding tert-OH is 1. The van der Waals surface area contributed by atoms with Gasteiger partial charge in [-0.25, -0.2) is 0 Å². The number of benzene rings is 1. The van der Waals surface area contributed by atoms with Crippen LogP contribution in [-0.4, -0.2) is 30.6 Å². The SMILES string of the molecule is O=C(CCC1CCNCC1)NCC(O)c1c(Cl)cccc1Cl. The number of halogens is 2. The first-order chi connectivity index (χ1) is 10.6. The van der Waals surface area contributed by atoms with Gasteiger partial charge in [0.2, 0.25) is 5.91 Å². The predicted octanol–water partition coefficient (Wildman–Crippen LogP) is 2.92. The van der Waals surface area contributed by atoms with Crippen LogP contribution < -0.4 is 10.6 Å². The van der Waals surface area contributed by atoms with E-state index in [4.69, 9.17) is 23.2 Å². The Hall–Kier alpha value is -0.810. The molecule has 2 rings (SSSR count). The molecule has 0 radical (unpaired) electrons. The topological polar surface area (TPSA) is 61.4 Å². The molecule has 6 heteroatoms. The second kappa shape index (κ2) is 8.73. The van der Waals surface area contributed by atoms with Gasteiger partial charge in [0, 0.05) is 28.6 Å². The van der Waals surface area contributed by atoms with Crippen molar-refractivity contribution in [3.05, 3.63) is 33.8 Å². The highest BCUT2D eigenvalue weighted by Crippen LogP contribution is 2.29. The van der Waals surface area contributed by atoms with Crippen LogP contribution in [0.15, 0.2) is 18.2 Å². The lowest BCUT2D eigenvalue weighted by Crippen LogP contribution is -2.31. The molecule has 0 aliphatic carbocycles. The van der Waals surface area contributed by atoms with Crippen molar-refractivity contribution in [2.24, 2.45) is 5.92 Å². The molecule has 1 aliphatic heterocycles. The standard InChI is InChI=1S/C16H22Cl2N2O2/c17-12-2-1-3-13(18)16(12)14(21)10-20-15(22)5-4-11-6-8-19-9-7-11/h1-3,11,14,19,21H,4-10H2,(H,20,22). The van der Waals surface area contributed by atoms with E-state index >= 15 is 0 Å². The van der Waals surface area contributed by atoms with E-state index in [1.54, 1.807) is 18.2 Å². The molecular formula is C16H22Cl2N2O2. The largest absolute Gasteiger partial charge is 0.386 e. The Bertz CT molecular complexity index is 485. The Morgan fingerprint density at radius 3 is 2.59 bits per heavy atom. The van der Waals surface area contributed by atoms with Gasteiger partial charge in [0.25, 0.3) is 0 Å². The minimum atomic E-state index is -0.899. The molecular weight excluding hydrogens is 323 g/mol. The monoisotopic (exact) mass is 344 g/mol. The van der Waals surface area contributed by atoms with Gasteiger partial charge in [-0.05, 0) is 50.4 Å². The molecule has 0 saturated carbocycles. The molecule has 0 aromatic heterocycles. The summed E-state index contributed by atoms with van der Waals surface area (Å²) in [6, 6.07) is 5.06. The average molecular weight is 345 g/mol. The summed E-state index contributed by atoms with van der Waals surface area (Å²) < 4.78 is 0. The number of hydrogen-bond donors (Lipinski definition) is 3. The third-order valence-electron chi connectivity index (χ3n) is 4.06. The van der Waals surface area contributed by atoms with Crippen LogP contribution in [0.1, 0.15) is 37.4 Å². The minimum absolute atomic E-state index is 0.0410. The number of nitrogens with one attached hydrogen (secondary N) is 2. The summed E-state index contributed by atoms with van der Waals surface area (Å²) in [4.78, 5) is 11.9. The van der Waals surface area contributed by atoms with Gasteiger partial charge >= 0.3 is 0 Å². The Morgan fingerprint density at radius 2 is 1.95 bits per heavy atom. The van der Waals surface area contributed by atoms with Crippen LogP contribution in [0.5, 0.6) is 0 Å². The van der Waals surface area contributed by atoms with E-state index in [9.17, 15) is 9.90 Å². The van der Waals surface area contributed by atoms with E-state index in [1.807, 2.05) is 0 Å². The van der Waals surface area contributed by atoms with Gasteiger partial charge in [-0.3, -0.25) is 4.79 Å². The Kier molecular flexibility index (Phi) is 6.96. The summed E-state index contributed by atoms with van der Waals surface area (Å²) in [6.45, 7) is 2.19. The maximum Gasteiger partial charge on any atom is 0.220 e. The summed E-state index contributed by atoms with van der Waals surface area (Å²) in [5.74, 6) is 0.579. The van der Waals surface area contributed by atoms with Crippen molar-refractivity contribution < 1.29 is 9.90 Å². The zero-order valence-electron chi connectivity index (χ0n) is 12.4. The molecule has 1 atom stereocenters. The normalized spacial score (nSPS) is 17.2. The molecule has 1 saturated heterocycles. The van der Waals surface area contributed by atoms with Crippen molar-refractivity contribution >= 4 is 29.1 Å². The Balaban J connectivity index is 1.75. The van der Waals surface area contributed by atoms with Crippen LogP contribution >= 0.6 is 23.2 Å². The molecule has 3 N–H and O–H groups in total. The lowest BCUT2D eigenvalue weighted by atomic mass is 9.93. The van der Waals surface area contributed by atoms with Gasteiger partial charge in [-0.2, -0.15) is 0 Å². The third-order valence-corrected chi connectivity index (χ3v) is 4.72. The summed E-state index contributed by atoms with van der Waals surface area (Å²) in [7, 11) is 0. The van der Waals surface area contributed by atoms with E-state index < -0.39 is 6.10 Å². The van der Waals surface area contributed by atoms with E-state index in [-0.39, 0.29) is 12.5 Å². The second-order valence-corrected chi connectivity index (χ2v) is 6.50. The Labute approximate surface area is 141 Å². The highest BCUT2D eigenvalue weighted by molar-refractivity contribution is 6.36. The first-order valence-electron chi connectivity index (χ1n) is 7.67. The fraction of sp³-hybridized carbons (Fsp3) is 0.562. The number of aliphatic hydroxyl groups is 1. The molecule has 0 bridgehead atoms. The fourth-order valence-corrected chi connectivity index (χ4v) is 3.38. The molecule has 4 nitrogen and oxygen atoms in total. The first kappa shape index (κ1) is 17.5. The highest BCUT2D eigenvalue weighted by atomic mass is 35.5. The number of carbonyl (C=O) groups excluding carboxylic acids is 1. The molecule has 1 aromatic rings. The molecule has 122 valence electrons. The van der Waals surface area contributed by atoms with Crippen molar-refractivity contribution in [3.8, 4) is 0 Å². The summed E-state index contributed by atoms with van der Waals surface area (Å²) in [5, 5.41) is 17.0. The molecule has 1 amide bonds. The van der Waals surface area contributed by atoms with E-state index in [2.05, 4.69) is 10.6 Å². The summed E-state index contributed by atoms with van der Waals surface area (Å²) in [6.07, 6.45) is 2.75. The second-order valence-electron chi connectivity index (χ2n) is 5.69.